The first-order valence-electron chi connectivity index (χ1n) is 10.7. The fourth-order valence-corrected chi connectivity index (χ4v) is 3.22. The average molecular weight is 355 g/mol. The van der Waals surface area contributed by atoms with E-state index >= 15 is 0 Å². The van der Waals surface area contributed by atoms with Crippen LogP contribution in [-0.2, 0) is 9.53 Å². The number of carbonyl (C=O) groups excluding carboxylic acids is 1. The fourth-order valence-electron chi connectivity index (χ4n) is 3.22. The molecule has 25 heavy (non-hydrogen) atoms. The maximum atomic E-state index is 12.5. The smallest absolute Gasteiger partial charge is 0.309 e. The van der Waals surface area contributed by atoms with Gasteiger partial charge in [-0.3, -0.25) is 4.79 Å². The SMILES string of the molecule is CCCCCCCCCCCCOC(=O)C(CC(C)(C)C)C(C)(C)C. The van der Waals surface area contributed by atoms with Crippen molar-refractivity contribution in [3.63, 3.8) is 0 Å². The second-order valence-corrected chi connectivity index (χ2v) is 10.0. The zero-order valence-corrected chi connectivity index (χ0v) is 18.4. The van der Waals surface area contributed by atoms with Crippen molar-refractivity contribution in [2.45, 2.75) is 119 Å². The highest BCUT2D eigenvalue weighted by Crippen LogP contribution is 2.36. The van der Waals surface area contributed by atoms with Gasteiger partial charge in [-0.15, -0.1) is 0 Å². The highest BCUT2D eigenvalue weighted by molar-refractivity contribution is 5.73. The maximum absolute atomic E-state index is 12.5. The summed E-state index contributed by atoms with van der Waals surface area (Å²) in [5.41, 5.74) is 0.107. The lowest BCUT2D eigenvalue weighted by molar-refractivity contribution is -0.154. The topological polar surface area (TPSA) is 26.3 Å². The largest absolute Gasteiger partial charge is 0.465 e. The summed E-state index contributed by atoms with van der Waals surface area (Å²) in [5, 5.41) is 0. The van der Waals surface area contributed by atoms with Crippen molar-refractivity contribution in [2.75, 3.05) is 6.61 Å². The van der Waals surface area contributed by atoms with Gasteiger partial charge in [0.1, 0.15) is 0 Å². The normalized spacial score (nSPS) is 13.7. The van der Waals surface area contributed by atoms with Gasteiger partial charge < -0.3 is 4.74 Å². The van der Waals surface area contributed by atoms with Gasteiger partial charge in [0.15, 0.2) is 0 Å². The van der Waals surface area contributed by atoms with Crippen LogP contribution in [0.5, 0.6) is 0 Å². The zero-order valence-electron chi connectivity index (χ0n) is 18.4. The van der Waals surface area contributed by atoms with Gasteiger partial charge >= 0.3 is 5.97 Å². The summed E-state index contributed by atoms with van der Waals surface area (Å²) in [7, 11) is 0. The third kappa shape index (κ3) is 14.3. The molecule has 0 rings (SSSR count). The second kappa shape index (κ2) is 12.8. The van der Waals surface area contributed by atoms with Crippen molar-refractivity contribution in [3.05, 3.63) is 0 Å². The molecule has 0 N–H and O–H groups in total. The Hall–Kier alpha value is -0.530. The summed E-state index contributed by atoms with van der Waals surface area (Å²) in [6.07, 6.45) is 13.9. The molecule has 0 radical (unpaired) electrons. The highest BCUT2D eigenvalue weighted by Gasteiger charge is 2.35. The van der Waals surface area contributed by atoms with Crippen LogP contribution in [0.1, 0.15) is 119 Å². The van der Waals surface area contributed by atoms with Crippen molar-refractivity contribution < 1.29 is 9.53 Å². The Bertz CT molecular complexity index is 333. The second-order valence-electron chi connectivity index (χ2n) is 10.0. The Balaban J connectivity index is 3.83. The Labute approximate surface area is 158 Å². The van der Waals surface area contributed by atoms with Crippen LogP contribution in [0.25, 0.3) is 0 Å². The minimum absolute atomic E-state index is 0.00153. The molecule has 0 bridgehead atoms. The standard InChI is InChI=1S/C23H46O2/c1-8-9-10-11-12-13-14-15-16-17-18-25-21(24)20(23(5,6)7)19-22(2,3)4/h20H,8-19H2,1-7H3. The lowest BCUT2D eigenvalue weighted by Gasteiger charge is -2.33. The zero-order chi connectivity index (χ0) is 19.3. The van der Waals surface area contributed by atoms with E-state index in [9.17, 15) is 4.79 Å². The van der Waals surface area contributed by atoms with Crippen LogP contribution in [-0.4, -0.2) is 12.6 Å². The molecule has 0 heterocycles. The summed E-state index contributed by atoms with van der Waals surface area (Å²) >= 11 is 0. The number of esters is 1. The van der Waals surface area contributed by atoms with Gasteiger partial charge in [0.25, 0.3) is 0 Å². The molecule has 2 heteroatoms. The summed E-state index contributed by atoms with van der Waals surface area (Å²) in [6, 6.07) is 0. The van der Waals surface area contributed by atoms with E-state index in [1.165, 1.54) is 57.8 Å². The molecule has 1 unspecified atom stereocenters. The molecule has 0 saturated heterocycles. The minimum atomic E-state index is -0.0395. The lowest BCUT2D eigenvalue weighted by Crippen LogP contribution is -2.33. The molecule has 0 aromatic rings. The lowest BCUT2D eigenvalue weighted by atomic mass is 9.72. The molecule has 0 aliphatic carbocycles. The van der Waals surface area contributed by atoms with Crippen LogP contribution in [0.3, 0.4) is 0 Å². The van der Waals surface area contributed by atoms with E-state index in [0.717, 1.165) is 12.8 Å². The van der Waals surface area contributed by atoms with Crippen LogP contribution >= 0.6 is 0 Å². The van der Waals surface area contributed by atoms with Crippen molar-refractivity contribution >= 4 is 5.97 Å². The number of ether oxygens (including phenoxy) is 1. The van der Waals surface area contributed by atoms with Gasteiger partial charge in [-0.1, -0.05) is 106 Å². The Morgan fingerprint density at radius 2 is 1.20 bits per heavy atom. The molecule has 150 valence electrons. The Morgan fingerprint density at radius 3 is 1.60 bits per heavy atom. The molecule has 0 aliphatic heterocycles. The number of rotatable bonds is 13. The average Bonchev–Trinajstić information content (AvgIpc) is 2.48. The first-order valence-corrected chi connectivity index (χ1v) is 10.7. The van der Waals surface area contributed by atoms with Gasteiger partial charge in [-0.2, -0.15) is 0 Å². The molecule has 0 aromatic heterocycles. The maximum Gasteiger partial charge on any atom is 0.309 e. The molecule has 0 fully saturated rings. The fraction of sp³-hybridized carbons (Fsp3) is 0.957. The minimum Gasteiger partial charge on any atom is -0.465 e. The van der Waals surface area contributed by atoms with E-state index in [-0.39, 0.29) is 22.7 Å². The van der Waals surface area contributed by atoms with Gasteiger partial charge in [-0.05, 0) is 23.7 Å². The Morgan fingerprint density at radius 1 is 0.760 bits per heavy atom. The summed E-state index contributed by atoms with van der Waals surface area (Å²) in [5.74, 6) is -0.0195. The summed E-state index contributed by atoms with van der Waals surface area (Å²) in [6.45, 7) is 15.9. The first kappa shape index (κ1) is 24.5. The monoisotopic (exact) mass is 354 g/mol. The van der Waals surface area contributed by atoms with E-state index in [4.69, 9.17) is 4.74 Å². The van der Waals surface area contributed by atoms with Gasteiger partial charge in [0.05, 0.1) is 12.5 Å². The molecule has 1 atom stereocenters. The van der Waals surface area contributed by atoms with Crippen molar-refractivity contribution in [2.24, 2.45) is 16.7 Å². The van der Waals surface area contributed by atoms with Crippen LogP contribution in [0.4, 0.5) is 0 Å². The number of hydrogen-bond donors (Lipinski definition) is 0. The number of unbranched alkanes of at least 4 members (excludes halogenated alkanes) is 9. The van der Waals surface area contributed by atoms with Crippen molar-refractivity contribution in [1.29, 1.82) is 0 Å². The quantitative estimate of drug-likeness (QED) is 0.252. The van der Waals surface area contributed by atoms with Crippen LogP contribution in [0.2, 0.25) is 0 Å². The third-order valence-electron chi connectivity index (χ3n) is 4.89. The van der Waals surface area contributed by atoms with Crippen molar-refractivity contribution in [1.82, 2.24) is 0 Å². The van der Waals surface area contributed by atoms with E-state index in [1.807, 2.05) is 0 Å². The predicted molar refractivity (Wildman–Crippen MR) is 110 cm³/mol. The van der Waals surface area contributed by atoms with Gasteiger partial charge in [0.2, 0.25) is 0 Å². The number of hydrogen-bond acceptors (Lipinski definition) is 2. The molecule has 0 saturated carbocycles. The van der Waals surface area contributed by atoms with Crippen molar-refractivity contribution in [3.8, 4) is 0 Å². The Kier molecular flexibility index (Phi) is 12.5. The molecule has 0 amide bonds. The summed E-state index contributed by atoms with van der Waals surface area (Å²) < 4.78 is 5.61. The van der Waals surface area contributed by atoms with Crippen LogP contribution in [0, 0.1) is 16.7 Å². The molecular weight excluding hydrogens is 308 g/mol. The molecule has 0 spiro atoms. The highest BCUT2D eigenvalue weighted by atomic mass is 16.5. The molecular formula is C23H46O2. The third-order valence-corrected chi connectivity index (χ3v) is 4.89. The molecule has 0 aromatic carbocycles. The molecule has 0 aliphatic rings. The predicted octanol–water partition coefficient (Wildman–Crippen LogP) is 7.55. The summed E-state index contributed by atoms with van der Waals surface area (Å²) in [4.78, 5) is 12.5. The van der Waals surface area contributed by atoms with E-state index in [0.29, 0.717) is 6.61 Å². The number of carbonyl (C=O) groups is 1. The van der Waals surface area contributed by atoms with Crippen LogP contribution < -0.4 is 0 Å². The van der Waals surface area contributed by atoms with Gasteiger partial charge in [0, 0.05) is 0 Å². The van der Waals surface area contributed by atoms with E-state index in [2.05, 4.69) is 48.5 Å². The first-order chi connectivity index (χ1) is 11.6. The molecule has 2 nitrogen and oxygen atoms in total. The van der Waals surface area contributed by atoms with E-state index in [1.54, 1.807) is 0 Å². The van der Waals surface area contributed by atoms with Crippen LogP contribution in [0.15, 0.2) is 0 Å². The van der Waals surface area contributed by atoms with E-state index < -0.39 is 0 Å². The van der Waals surface area contributed by atoms with Gasteiger partial charge in [-0.25, -0.2) is 0 Å².